The SMILES string of the molecule is COC(=O)C[C@@H](C)CNC(=O)c1cccc2ccccc12. The van der Waals surface area contributed by atoms with Crippen LogP contribution in [0.4, 0.5) is 0 Å². The molecule has 0 aliphatic heterocycles. The molecule has 0 unspecified atom stereocenters. The Morgan fingerprint density at radius 1 is 1.14 bits per heavy atom. The monoisotopic (exact) mass is 285 g/mol. The summed E-state index contributed by atoms with van der Waals surface area (Å²) in [6.07, 6.45) is 0.298. The van der Waals surface area contributed by atoms with Gasteiger partial charge < -0.3 is 10.1 Å². The predicted molar refractivity (Wildman–Crippen MR) is 82.1 cm³/mol. The average Bonchev–Trinajstić information content (AvgIpc) is 2.51. The summed E-state index contributed by atoms with van der Waals surface area (Å²) in [4.78, 5) is 23.5. The molecule has 4 nitrogen and oxygen atoms in total. The van der Waals surface area contributed by atoms with Gasteiger partial charge in [-0.2, -0.15) is 0 Å². The molecule has 110 valence electrons. The first-order chi connectivity index (χ1) is 10.1. The van der Waals surface area contributed by atoms with Crippen molar-refractivity contribution in [3.05, 3.63) is 48.0 Å². The third-order valence-corrected chi connectivity index (χ3v) is 3.39. The van der Waals surface area contributed by atoms with Crippen LogP contribution in [0, 0.1) is 5.92 Å². The summed E-state index contributed by atoms with van der Waals surface area (Å²) < 4.78 is 4.62. The number of amides is 1. The van der Waals surface area contributed by atoms with Crippen molar-refractivity contribution in [1.82, 2.24) is 5.32 Å². The van der Waals surface area contributed by atoms with Gasteiger partial charge in [0.15, 0.2) is 0 Å². The number of benzene rings is 2. The van der Waals surface area contributed by atoms with Crippen molar-refractivity contribution in [3.8, 4) is 0 Å². The van der Waals surface area contributed by atoms with E-state index in [9.17, 15) is 9.59 Å². The van der Waals surface area contributed by atoms with Gasteiger partial charge in [0.1, 0.15) is 0 Å². The number of carbonyl (C=O) groups excluding carboxylic acids is 2. The van der Waals surface area contributed by atoms with Crippen molar-refractivity contribution in [2.75, 3.05) is 13.7 Å². The van der Waals surface area contributed by atoms with Gasteiger partial charge in [0.25, 0.3) is 5.91 Å². The number of ether oxygens (including phenoxy) is 1. The van der Waals surface area contributed by atoms with E-state index in [1.807, 2.05) is 49.4 Å². The minimum Gasteiger partial charge on any atom is -0.469 e. The summed E-state index contributed by atoms with van der Waals surface area (Å²) >= 11 is 0. The molecule has 0 fully saturated rings. The second kappa shape index (κ2) is 6.88. The second-order valence-corrected chi connectivity index (χ2v) is 5.12. The Kier molecular flexibility index (Phi) is 4.93. The molecule has 0 radical (unpaired) electrons. The maximum absolute atomic E-state index is 12.3. The minimum absolute atomic E-state index is 0.0383. The lowest BCUT2D eigenvalue weighted by Gasteiger charge is -2.12. The first-order valence-corrected chi connectivity index (χ1v) is 6.94. The zero-order chi connectivity index (χ0) is 15.2. The van der Waals surface area contributed by atoms with Gasteiger partial charge in [-0.1, -0.05) is 43.3 Å². The summed E-state index contributed by atoms with van der Waals surface area (Å²) in [5.41, 5.74) is 0.651. The van der Waals surface area contributed by atoms with Gasteiger partial charge in [0.05, 0.1) is 7.11 Å². The molecular formula is C17H19NO3. The summed E-state index contributed by atoms with van der Waals surface area (Å²) in [7, 11) is 1.36. The highest BCUT2D eigenvalue weighted by Crippen LogP contribution is 2.18. The summed E-state index contributed by atoms with van der Waals surface area (Å²) in [6, 6.07) is 13.4. The molecule has 1 N–H and O–H groups in total. The first kappa shape index (κ1) is 15.0. The smallest absolute Gasteiger partial charge is 0.305 e. The molecule has 1 atom stereocenters. The molecule has 21 heavy (non-hydrogen) atoms. The topological polar surface area (TPSA) is 55.4 Å². The largest absolute Gasteiger partial charge is 0.469 e. The molecule has 0 bridgehead atoms. The van der Waals surface area contributed by atoms with E-state index < -0.39 is 0 Å². The van der Waals surface area contributed by atoms with Crippen molar-refractivity contribution in [1.29, 1.82) is 0 Å². The normalized spacial score (nSPS) is 11.9. The fourth-order valence-corrected chi connectivity index (χ4v) is 2.23. The molecule has 4 heteroatoms. The van der Waals surface area contributed by atoms with Crippen LogP contribution in [0.5, 0.6) is 0 Å². The van der Waals surface area contributed by atoms with Crippen LogP contribution in [0.3, 0.4) is 0 Å². The Labute approximate surface area is 124 Å². The van der Waals surface area contributed by atoms with Crippen molar-refractivity contribution in [3.63, 3.8) is 0 Å². The van der Waals surface area contributed by atoms with Crippen LogP contribution >= 0.6 is 0 Å². The van der Waals surface area contributed by atoms with Gasteiger partial charge in [0.2, 0.25) is 0 Å². The van der Waals surface area contributed by atoms with E-state index >= 15 is 0 Å². The molecule has 2 aromatic carbocycles. The molecule has 0 aromatic heterocycles. The zero-order valence-electron chi connectivity index (χ0n) is 12.3. The highest BCUT2D eigenvalue weighted by atomic mass is 16.5. The average molecular weight is 285 g/mol. The number of nitrogens with one attached hydrogen (secondary N) is 1. The van der Waals surface area contributed by atoms with Crippen LogP contribution in [0.1, 0.15) is 23.7 Å². The third kappa shape index (κ3) is 3.81. The second-order valence-electron chi connectivity index (χ2n) is 5.12. The van der Waals surface area contributed by atoms with Gasteiger partial charge in [-0.3, -0.25) is 9.59 Å². The van der Waals surface area contributed by atoms with Gasteiger partial charge >= 0.3 is 5.97 Å². The molecule has 0 heterocycles. The summed E-state index contributed by atoms with van der Waals surface area (Å²) in [6.45, 7) is 2.34. The number of hydrogen-bond acceptors (Lipinski definition) is 3. The number of rotatable bonds is 5. The minimum atomic E-state index is -0.262. The van der Waals surface area contributed by atoms with E-state index in [1.165, 1.54) is 7.11 Å². The van der Waals surface area contributed by atoms with E-state index in [-0.39, 0.29) is 17.8 Å². The van der Waals surface area contributed by atoms with E-state index in [4.69, 9.17) is 0 Å². The Morgan fingerprint density at radius 3 is 2.62 bits per heavy atom. The van der Waals surface area contributed by atoms with Gasteiger partial charge in [0, 0.05) is 18.5 Å². The fourth-order valence-electron chi connectivity index (χ4n) is 2.23. The van der Waals surface area contributed by atoms with Crippen LogP contribution in [0.15, 0.2) is 42.5 Å². The number of carbonyl (C=O) groups is 2. The number of esters is 1. The maximum atomic E-state index is 12.3. The molecule has 0 aliphatic rings. The lowest BCUT2D eigenvalue weighted by Crippen LogP contribution is -2.29. The fraction of sp³-hybridized carbons (Fsp3) is 0.294. The molecular weight excluding hydrogens is 266 g/mol. The molecule has 2 rings (SSSR count). The van der Waals surface area contributed by atoms with Crippen molar-refractivity contribution in [2.24, 2.45) is 5.92 Å². The van der Waals surface area contributed by atoms with Crippen molar-refractivity contribution in [2.45, 2.75) is 13.3 Å². The van der Waals surface area contributed by atoms with E-state index in [0.29, 0.717) is 18.5 Å². The third-order valence-electron chi connectivity index (χ3n) is 3.39. The molecule has 0 saturated carbocycles. The standard InChI is InChI=1S/C17H19NO3/c1-12(10-16(19)21-2)11-18-17(20)15-9-5-7-13-6-3-4-8-14(13)15/h3-9,12H,10-11H2,1-2H3,(H,18,20)/t12-/m1/s1. The number of methoxy groups -OCH3 is 1. The van der Waals surface area contributed by atoms with Gasteiger partial charge in [-0.25, -0.2) is 0 Å². The highest BCUT2D eigenvalue weighted by Gasteiger charge is 2.13. The van der Waals surface area contributed by atoms with E-state index in [2.05, 4.69) is 10.1 Å². The Balaban J connectivity index is 2.04. The lowest BCUT2D eigenvalue weighted by molar-refractivity contribution is -0.141. The summed E-state index contributed by atoms with van der Waals surface area (Å²) in [5, 5.41) is 4.84. The molecule has 1 amide bonds. The van der Waals surface area contributed by atoms with Crippen LogP contribution in [0.2, 0.25) is 0 Å². The lowest BCUT2D eigenvalue weighted by atomic mass is 10.0. The maximum Gasteiger partial charge on any atom is 0.305 e. The van der Waals surface area contributed by atoms with Gasteiger partial charge in [-0.15, -0.1) is 0 Å². The first-order valence-electron chi connectivity index (χ1n) is 6.94. The molecule has 0 saturated heterocycles. The quantitative estimate of drug-likeness (QED) is 0.859. The number of hydrogen-bond donors (Lipinski definition) is 1. The van der Waals surface area contributed by atoms with Crippen molar-refractivity contribution >= 4 is 22.6 Å². The Bertz CT molecular complexity index is 646. The molecule has 0 aliphatic carbocycles. The molecule has 2 aromatic rings. The van der Waals surface area contributed by atoms with Crippen LogP contribution in [0.25, 0.3) is 10.8 Å². The van der Waals surface area contributed by atoms with Crippen LogP contribution < -0.4 is 5.32 Å². The molecule has 0 spiro atoms. The number of fused-ring (bicyclic) bond motifs is 1. The van der Waals surface area contributed by atoms with Gasteiger partial charge in [-0.05, 0) is 22.8 Å². The predicted octanol–water partition coefficient (Wildman–Crippen LogP) is 2.77. The van der Waals surface area contributed by atoms with E-state index in [0.717, 1.165) is 10.8 Å². The zero-order valence-corrected chi connectivity index (χ0v) is 12.3. The summed E-state index contributed by atoms with van der Waals surface area (Å²) in [5.74, 6) is -0.346. The van der Waals surface area contributed by atoms with Crippen LogP contribution in [-0.4, -0.2) is 25.5 Å². The van der Waals surface area contributed by atoms with Crippen molar-refractivity contribution < 1.29 is 14.3 Å². The highest BCUT2D eigenvalue weighted by molar-refractivity contribution is 6.06. The Morgan fingerprint density at radius 2 is 1.86 bits per heavy atom. The Hall–Kier alpha value is -2.36. The van der Waals surface area contributed by atoms with E-state index in [1.54, 1.807) is 0 Å². The van der Waals surface area contributed by atoms with Crippen LogP contribution in [-0.2, 0) is 9.53 Å².